The van der Waals surface area contributed by atoms with Crippen molar-refractivity contribution in [3.8, 4) is 11.6 Å². The zero-order valence-electron chi connectivity index (χ0n) is 42.9. The number of nitrogens with one attached hydrogen (secondary N) is 3. The van der Waals surface area contributed by atoms with Gasteiger partial charge in [0.2, 0.25) is 27.7 Å². The number of rotatable bonds is 9. The molecule has 3 saturated heterocycles. The molecule has 4 aliphatic carbocycles. The number of pyridine rings is 1. The van der Waals surface area contributed by atoms with Crippen LogP contribution in [0.25, 0.3) is 10.9 Å². The molecule has 0 radical (unpaired) electrons. The van der Waals surface area contributed by atoms with Crippen molar-refractivity contribution in [2.45, 2.75) is 202 Å². The normalized spacial score (nSPS) is 32.6. The molecule has 3 N–H and O–H groups in total. The summed E-state index contributed by atoms with van der Waals surface area (Å²) in [5.41, 5.74) is -0.883. The molecule has 18 nitrogen and oxygen atoms in total. The highest BCUT2D eigenvalue weighted by atomic mass is 32.2. The second kappa shape index (κ2) is 20.2. The number of sulfonamides is 1. The highest BCUT2D eigenvalue weighted by Crippen LogP contribution is 2.46. The molecule has 9 atom stereocenters. The van der Waals surface area contributed by atoms with Crippen LogP contribution in [0.1, 0.15) is 142 Å². The van der Waals surface area contributed by atoms with Gasteiger partial charge in [-0.1, -0.05) is 50.3 Å². The number of para-hydroxylation sites is 1. The number of amides is 5. The van der Waals surface area contributed by atoms with Crippen molar-refractivity contribution in [1.29, 1.82) is 0 Å². The maximum Gasteiger partial charge on any atom is 0.410 e. The van der Waals surface area contributed by atoms with E-state index < -0.39 is 73.8 Å². The van der Waals surface area contributed by atoms with Gasteiger partial charge in [-0.25, -0.2) is 23.0 Å². The van der Waals surface area contributed by atoms with Gasteiger partial charge in [-0.3, -0.25) is 24.0 Å². The summed E-state index contributed by atoms with van der Waals surface area (Å²) in [5.74, 6) is -1.53. The number of alkyl carbamates (subject to hydrolysis) is 1. The summed E-state index contributed by atoms with van der Waals surface area (Å²) >= 11 is 0. The van der Waals surface area contributed by atoms with E-state index in [-0.39, 0.29) is 61.6 Å². The van der Waals surface area contributed by atoms with Crippen molar-refractivity contribution in [3.05, 3.63) is 42.5 Å². The highest BCUT2D eigenvalue weighted by Gasteiger charge is 2.58. The number of carbonyl (C=O) groups excluding carboxylic acids is 5. The fraction of sp³-hybridized carbons (Fsp3) is 0.704. The molecular weight excluding hydrogens is 957 g/mol. The summed E-state index contributed by atoms with van der Waals surface area (Å²) in [6.07, 6.45) is 10.7. The number of aromatic nitrogens is 1. The molecule has 5 heterocycles. The van der Waals surface area contributed by atoms with Gasteiger partial charge in [0.05, 0.1) is 47.7 Å². The third kappa shape index (κ3) is 10.6. The number of ether oxygens (including phenoxy) is 5. The number of benzene rings is 1. The summed E-state index contributed by atoms with van der Waals surface area (Å²) in [6.45, 7) is 11.8. The summed E-state index contributed by atoms with van der Waals surface area (Å²) < 4.78 is 60.1. The summed E-state index contributed by atoms with van der Waals surface area (Å²) in [7, 11) is -4.06. The minimum Gasteiger partial charge on any atom is -0.489 e. The van der Waals surface area contributed by atoms with Gasteiger partial charge in [-0.15, -0.1) is 6.58 Å². The average molecular weight is 1030 g/mol. The first-order valence-corrected chi connectivity index (χ1v) is 28.5. The molecule has 7 fully saturated rings. The van der Waals surface area contributed by atoms with Gasteiger partial charge in [0, 0.05) is 30.6 Å². The molecule has 4 aliphatic heterocycles. The topological polar surface area (TPSA) is 221 Å². The Morgan fingerprint density at radius 2 is 1.60 bits per heavy atom. The number of nitrogens with zero attached hydrogens (tertiary/aromatic N) is 3. The van der Waals surface area contributed by atoms with Crippen molar-refractivity contribution in [3.63, 3.8) is 0 Å². The van der Waals surface area contributed by atoms with Crippen molar-refractivity contribution in [2.75, 3.05) is 19.8 Å². The first-order chi connectivity index (χ1) is 34.8. The van der Waals surface area contributed by atoms with E-state index in [1.807, 2.05) is 49.9 Å². The molecule has 0 spiro atoms. The van der Waals surface area contributed by atoms with Crippen LogP contribution in [0.5, 0.6) is 11.6 Å². The Hall–Kier alpha value is -5.17. The van der Waals surface area contributed by atoms with Gasteiger partial charge in [0.15, 0.2) is 0 Å². The lowest BCUT2D eigenvalue weighted by Crippen LogP contribution is -2.70. The Bertz CT molecular complexity index is 2580. The predicted molar refractivity (Wildman–Crippen MR) is 269 cm³/mol. The molecular formula is C54H74N6O12S. The van der Waals surface area contributed by atoms with Crippen LogP contribution in [0.2, 0.25) is 0 Å². The minimum atomic E-state index is -4.06. The lowest BCUT2D eigenvalue weighted by Gasteiger charge is -2.48. The lowest BCUT2D eigenvalue weighted by atomic mass is 9.66. The van der Waals surface area contributed by atoms with Gasteiger partial charge in [0.1, 0.15) is 47.3 Å². The zero-order chi connectivity index (χ0) is 51.5. The summed E-state index contributed by atoms with van der Waals surface area (Å²) in [6, 6.07) is 5.06. The summed E-state index contributed by atoms with van der Waals surface area (Å²) in [4.78, 5) is 80.3. The molecule has 19 heteroatoms. The van der Waals surface area contributed by atoms with Crippen LogP contribution in [0, 0.1) is 17.8 Å². The molecule has 5 amide bonds. The van der Waals surface area contributed by atoms with Crippen molar-refractivity contribution in [1.82, 2.24) is 30.1 Å². The Kier molecular flexibility index (Phi) is 14.2. The van der Waals surface area contributed by atoms with Crippen LogP contribution in [0.3, 0.4) is 0 Å². The standard InChI is InChI=1S/C54H74N6O12S/c1-6-34-21-22-54(34,49(63)58-73(66,67)53(5)23-24-53)57-46(61)42-28-38-29-59(42)48(62)44(32-15-9-7-10-16-32)56-50(64)71-43-25-33(43)17-11-8-12-19-40-45(39-18-13-14-20-41(39)55-47(40)70-38)69-37-26-35-30-68-31-36(27-37)60(35)51(65)72-52(2,3)4/h6,13-14,18,20,32-38,42-44H,1,7-12,15-17,19,21-31H2,2-5H3,(H,56,64)(H,57,61)(H,58,63). The van der Waals surface area contributed by atoms with Crippen LogP contribution in [0.4, 0.5) is 9.59 Å². The molecule has 1 aromatic carbocycles. The van der Waals surface area contributed by atoms with E-state index in [1.54, 1.807) is 13.0 Å². The second-order valence-corrected chi connectivity index (χ2v) is 25.6. The number of hydrogen-bond donors (Lipinski definition) is 3. The maximum absolute atomic E-state index is 15.3. The maximum atomic E-state index is 15.3. The smallest absolute Gasteiger partial charge is 0.410 e. The van der Waals surface area contributed by atoms with Crippen LogP contribution in [-0.2, 0) is 45.0 Å². The SMILES string of the molecule is C=CC1CCC1(NC(=O)C1CC2CN1C(=O)C(C1CCCCC1)NC(=O)OC1CC1CCCCCc1c(nc3ccccc3c1OC1CC3COCC(C1)N3C(=O)OC(C)(C)C)O2)C(=O)NS(=O)(=O)C1(C)CC1. The number of hydrogen-bond acceptors (Lipinski definition) is 13. The Morgan fingerprint density at radius 1 is 0.904 bits per heavy atom. The first kappa shape index (κ1) is 51.3. The van der Waals surface area contributed by atoms with E-state index in [0.29, 0.717) is 81.7 Å². The van der Waals surface area contributed by atoms with Gasteiger partial charge in [-0.2, -0.15) is 0 Å². The number of fused-ring (bicyclic) bond motifs is 7. The molecule has 398 valence electrons. The molecule has 9 unspecified atom stereocenters. The molecule has 4 saturated carbocycles. The van der Waals surface area contributed by atoms with Gasteiger partial charge in [0.25, 0.3) is 5.91 Å². The fourth-order valence-corrected chi connectivity index (χ4v) is 13.6. The summed E-state index contributed by atoms with van der Waals surface area (Å²) in [5, 5.41) is 6.76. The highest BCUT2D eigenvalue weighted by molar-refractivity contribution is 7.91. The van der Waals surface area contributed by atoms with Crippen molar-refractivity contribution < 1.29 is 56.1 Å². The van der Waals surface area contributed by atoms with E-state index in [1.165, 1.54) is 4.90 Å². The third-order valence-corrected chi connectivity index (χ3v) is 19.2. The molecule has 1 aromatic heterocycles. The van der Waals surface area contributed by atoms with Crippen LogP contribution in [0.15, 0.2) is 36.9 Å². The minimum absolute atomic E-state index is 0.00656. The van der Waals surface area contributed by atoms with Gasteiger partial charge >= 0.3 is 12.2 Å². The quantitative estimate of drug-likeness (QED) is 0.221. The van der Waals surface area contributed by atoms with Crippen molar-refractivity contribution in [2.24, 2.45) is 17.8 Å². The van der Waals surface area contributed by atoms with E-state index in [2.05, 4.69) is 21.9 Å². The van der Waals surface area contributed by atoms with Crippen LogP contribution in [-0.4, -0.2) is 131 Å². The van der Waals surface area contributed by atoms with Crippen LogP contribution < -0.4 is 24.8 Å². The third-order valence-electron chi connectivity index (χ3n) is 17.0. The molecule has 8 aliphatic rings. The number of carbonyl (C=O) groups is 5. The Balaban J connectivity index is 0.994. The molecule has 10 rings (SSSR count). The average Bonchev–Trinajstić information content (AvgIpc) is 4.23. The van der Waals surface area contributed by atoms with Crippen molar-refractivity contribution >= 4 is 50.8 Å². The van der Waals surface area contributed by atoms with Gasteiger partial charge in [-0.05, 0) is 116 Å². The Labute approximate surface area is 428 Å². The molecule has 73 heavy (non-hydrogen) atoms. The zero-order valence-corrected chi connectivity index (χ0v) is 43.7. The Morgan fingerprint density at radius 3 is 2.27 bits per heavy atom. The number of morpholine rings is 1. The van der Waals surface area contributed by atoms with E-state index in [4.69, 9.17) is 28.7 Å². The van der Waals surface area contributed by atoms with Gasteiger partial charge < -0.3 is 39.2 Å². The number of piperidine rings is 1. The van der Waals surface area contributed by atoms with E-state index >= 15 is 9.59 Å². The van der Waals surface area contributed by atoms with E-state index in [9.17, 15) is 22.8 Å². The van der Waals surface area contributed by atoms with E-state index in [0.717, 1.165) is 62.3 Å². The molecule has 4 bridgehead atoms. The first-order valence-electron chi connectivity index (χ1n) is 27.0. The lowest BCUT2D eigenvalue weighted by molar-refractivity contribution is -0.145. The molecule has 2 aromatic rings. The second-order valence-electron chi connectivity index (χ2n) is 23.5. The van der Waals surface area contributed by atoms with Crippen LogP contribution >= 0.6 is 0 Å². The predicted octanol–water partition coefficient (Wildman–Crippen LogP) is 6.76. The fourth-order valence-electron chi connectivity index (χ4n) is 12.3. The largest absolute Gasteiger partial charge is 0.489 e. The monoisotopic (exact) mass is 1030 g/mol.